The van der Waals surface area contributed by atoms with Crippen LogP contribution in [0.2, 0.25) is 0 Å². The van der Waals surface area contributed by atoms with Crippen LogP contribution < -0.4 is 0 Å². The molecule has 33 heavy (non-hydrogen) atoms. The maximum atomic E-state index is 12.6. The van der Waals surface area contributed by atoms with Crippen LogP contribution in [0.15, 0.2) is 0 Å². The van der Waals surface area contributed by atoms with Crippen LogP contribution in [0.5, 0.6) is 0 Å². The second-order valence-electron chi connectivity index (χ2n) is 13.4. The summed E-state index contributed by atoms with van der Waals surface area (Å²) in [4.78, 5) is 12.6. The Morgan fingerprint density at radius 3 is 2.27 bits per heavy atom. The molecular formula is C31H54O2. The van der Waals surface area contributed by atoms with Crippen molar-refractivity contribution in [2.24, 2.45) is 40.4 Å². The summed E-state index contributed by atoms with van der Waals surface area (Å²) in [6.07, 6.45) is 23.5. The molecule has 8 atom stereocenters. The highest BCUT2D eigenvalue weighted by molar-refractivity contribution is 5.78. The molecule has 1 N–H and O–H groups in total. The van der Waals surface area contributed by atoms with E-state index in [9.17, 15) is 9.90 Å². The lowest BCUT2D eigenvalue weighted by Gasteiger charge is -2.61. The van der Waals surface area contributed by atoms with E-state index in [1.165, 1.54) is 83.5 Å². The second-order valence-corrected chi connectivity index (χ2v) is 13.4. The van der Waals surface area contributed by atoms with Crippen LogP contribution in [0.3, 0.4) is 0 Å². The maximum Gasteiger partial charge on any atom is 0.132 e. The number of carbonyl (C=O) groups is 1. The van der Waals surface area contributed by atoms with Crippen molar-refractivity contribution in [1.29, 1.82) is 0 Å². The number of Topliss-reactive ketones (excluding diaryl/α,β-unsaturated/α-hetero) is 1. The highest BCUT2D eigenvalue weighted by Crippen LogP contribution is 2.67. The van der Waals surface area contributed by atoms with Gasteiger partial charge in [0.05, 0.1) is 6.10 Å². The Kier molecular flexibility index (Phi) is 8.67. The second kappa shape index (κ2) is 11.1. The highest BCUT2D eigenvalue weighted by Gasteiger charge is 2.59. The van der Waals surface area contributed by atoms with E-state index < -0.39 is 0 Å². The molecule has 0 aliphatic heterocycles. The van der Waals surface area contributed by atoms with Gasteiger partial charge in [0.2, 0.25) is 0 Å². The Bertz CT molecular complexity index is 643. The Labute approximate surface area is 205 Å². The third kappa shape index (κ3) is 5.41. The minimum absolute atomic E-state index is 0.0389. The predicted molar refractivity (Wildman–Crippen MR) is 138 cm³/mol. The van der Waals surface area contributed by atoms with E-state index in [0.717, 1.165) is 68.1 Å². The zero-order valence-corrected chi connectivity index (χ0v) is 22.3. The molecule has 4 aliphatic rings. The minimum Gasteiger partial charge on any atom is -0.393 e. The fraction of sp³-hybridized carbons (Fsp3) is 0.968. The molecule has 4 fully saturated rings. The first kappa shape index (κ1) is 25.7. The summed E-state index contributed by atoms with van der Waals surface area (Å²) in [7, 11) is 0. The van der Waals surface area contributed by atoms with Gasteiger partial charge in [0.15, 0.2) is 0 Å². The first-order chi connectivity index (χ1) is 15.9. The van der Waals surface area contributed by atoms with E-state index in [0.29, 0.717) is 16.6 Å². The summed E-state index contributed by atoms with van der Waals surface area (Å²) in [5.74, 6) is 4.77. The molecule has 8 unspecified atom stereocenters. The molecule has 2 heteroatoms. The van der Waals surface area contributed by atoms with E-state index in [-0.39, 0.29) is 6.10 Å². The number of aliphatic hydroxyl groups is 1. The lowest BCUT2D eigenvalue weighted by Crippen LogP contribution is -2.53. The quantitative estimate of drug-likeness (QED) is 0.315. The average Bonchev–Trinajstić information content (AvgIpc) is 3.14. The smallest absolute Gasteiger partial charge is 0.132 e. The Balaban J connectivity index is 1.25. The average molecular weight is 459 g/mol. The molecule has 2 nitrogen and oxygen atoms in total. The predicted octanol–water partition coefficient (Wildman–Crippen LogP) is 8.50. The Morgan fingerprint density at radius 1 is 0.788 bits per heavy atom. The summed E-state index contributed by atoms with van der Waals surface area (Å²) in [6, 6.07) is 0. The van der Waals surface area contributed by atoms with Crippen molar-refractivity contribution in [3.63, 3.8) is 0 Å². The summed E-state index contributed by atoms with van der Waals surface area (Å²) in [6.45, 7) is 7.48. The number of unbranched alkanes of at least 4 members (excludes halogenated alkanes) is 6. The lowest BCUT2D eigenvalue weighted by atomic mass is 9.44. The molecule has 0 aromatic rings. The van der Waals surface area contributed by atoms with Crippen LogP contribution >= 0.6 is 0 Å². The van der Waals surface area contributed by atoms with Gasteiger partial charge in [0, 0.05) is 12.8 Å². The first-order valence-corrected chi connectivity index (χ1v) is 15.1. The molecule has 4 saturated carbocycles. The van der Waals surface area contributed by atoms with Crippen LogP contribution in [0.4, 0.5) is 0 Å². The number of hydrogen-bond donors (Lipinski definition) is 1. The van der Waals surface area contributed by atoms with Crippen LogP contribution in [-0.4, -0.2) is 17.0 Å². The van der Waals surface area contributed by atoms with Crippen molar-refractivity contribution in [2.75, 3.05) is 0 Å². The summed E-state index contributed by atoms with van der Waals surface area (Å²) in [5.41, 5.74) is 0.964. The SMILES string of the molecule is CCCCCCCCCC(=O)CCC1CCC2C3CCC4CC(O)CCC4(C)C3CCC12C. The van der Waals surface area contributed by atoms with Gasteiger partial charge in [0.25, 0.3) is 0 Å². The van der Waals surface area contributed by atoms with Crippen LogP contribution in [0.25, 0.3) is 0 Å². The number of rotatable bonds is 11. The van der Waals surface area contributed by atoms with Gasteiger partial charge in [0.1, 0.15) is 5.78 Å². The molecule has 0 saturated heterocycles. The molecule has 4 aliphatic carbocycles. The molecule has 0 heterocycles. The molecule has 4 rings (SSSR count). The molecule has 0 bridgehead atoms. The van der Waals surface area contributed by atoms with E-state index >= 15 is 0 Å². The van der Waals surface area contributed by atoms with E-state index in [4.69, 9.17) is 0 Å². The molecule has 0 aromatic carbocycles. The third-order valence-electron chi connectivity index (χ3n) is 11.7. The van der Waals surface area contributed by atoms with Gasteiger partial charge < -0.3 is 5.11 Å². The van der Waals surface area contributed by atoms with Crippen molar-refractivity contribution in [3.8, 4) is 0 Å². The fourth-order valence-corrected chi connectivity index (χ4v) is 9.56. The normalized spacial score (nSPS) is 42.4. The van der Waals surface area contributed by atoms with Gasteiger partial charge in [-0.1, -0.05) is 59.3 Å². The maximum absolute atomic E-state index is 12.6. The molecular weight excluding hydrogens is 404 g/mol. The molecule has 0 radical (unpaired) electrons. The summed E-state index contributed by atoms with van der Waals surface area (Å²) >= 11 is 0. The van der Waals surface area contributed by atoms with Gasteiger partial charge in [-0.15, -0.1) is 0 Å². The zero-order valence-electron chi connectivity index (χ0n) is 22.3. The van der Waals surface area contributed by atoms with Crippen molar-refractivity contribution >= 4 is 5.78 Å². The van der Waals surface area contributed by atoms with E-state index in [1.807, 2.05) is 0 Å². The van der Waals surface area contributed by atoms with Gasteiger partial charge in [-0.05, 0) is 111 Å². The number of carbonyl (C=O) groups excluding carboxylic acids is 1. The minimum atomic E-state index is -0.0389. The van der Waals surface area contributed by atoms with Gasteiger partial charge in [-0.2, -0.15) is 0 Å². The van der Waals surface area contributed by atoms with Crippen molar-refractivity contribution in [3.05, 3.63) is 0 Å². The topological polar surface area (TPSA) is 37.3 Å². The van der Waals surface area contributed by atoms with Gasteiger partial charge >= 0.3 is 0 Å². The fourth-order valence-electron chi connectivity index (χ4n) is 9.56. The molecule has 0 amide bonds. The molecule has 0 spiro atoms. The van der Waals surface area contributed by atoms with Crippen LogP contribution in [0.1, 0.15) is 143 Å². The van der Waals surface area contributed by atoms with Crippen LogP contribution in [0, 0.1) is 40.4 Å². The number of fused-ring (bicyclic) bond motifs is 5. The van der Waals surface area contributed by atoms with E-state index in [1.54, 1.807) is 0 Å². The number of ketones is 1. The number of aliphatic hydroxyl groups excluding tert-OH is 1. The molecule has 190 valence electrons. The van der Waals surface area contributed by atoms with Crippen molar-refractivity contribution in [2.45, 2.75) is 149 Å². The van der Waals surface area contributed by atoms with E-state index in [2.05, 4.69) is 20.8 Å². The lowest BCUT2D eigenvalue weighted by molar-refractivity contribution is -0.128. The first-order valence-electron chi connectivity index (χ1n) is 15.1. The van der Waals surface area contributed by atoms with Gasteiger partial charge in [-0.3, -0.25) is 4.79 Å². The Morgan fingerprint density at radius 2 is 1.48 bits per heavy atom. The largest absolute Gasteiger partial charge is 0.393 e. The molecule has 0 aromatic heterocycles. The highest BCUT2D eigenvalue weighted by atomic mass is 16.3. The van der Waals surface area contributed by atoms with Crippen LogP contribution in [-0.2, 0) is 4.79 Å². The van der Waals surface area contributed by atoms with Crippen molar-refractivity contribution < 1.29 is 9.90 Å². The number of hydrogen-bond acceptors (Lipinski definition) is 2. The summed E-state index contributed by atoms with van der Waals surface area (Å²) in [5, 5.41) is 10.3. The Hall–Kier alpha value is -0.370. The van der Waals surface area contributed by atoms with Gasteiger partial charge in [-0.25, -0.2) is 0 Å². The standard InChI is InChI=1S/C31H54O2/c1-4-5-6-7-8-9-10-11-25(32)15-12-23-14-17-28-27-16-13-24-22-26(33)18-20-31(24,3)29(27)19-21-30(23,28)2/h23-24,26-29,33H,4-22H2,1-3H3. The monoisotopic (exact) mass is 458 g/mol. The zero-order chi connectivity index (χ0) is 23.5. The summed E-state index contributed by atoms with van der Waals surface area (Å²) < 4.78 is 0. The third-order valence-corrected chi connectivity index (χ3v) is 11.7. The van der Waals surface area contributed by atoms with Crippen molar-refractivity contribution in [1.82, 2.24) is 0 Å².